The Morgan fingerprint density at radius 2 is 2.00 bits per heavy atom. The monoisotopic (exact) mass is 281 g/mol. The zero-order valence-corrected chi connectivity index (χ0v) is 12.7. The second-order valence-electron chi connectivity index (χ2n) is 5.68. The summed E-state index contributed by atoms with van der Waals surface area (Å²) < 4.78 is 0. The molecule has 20 heavy (non-hydrogen) atoms. The lowest BCUT2D eigenvalue weighted by molar-refractivity contribution is -0.152. The fourth-order valence-electron chi connectivity index (χ4n) is 2.74. The Morgan fingerprint density at radius 3 is 2.50 bits per heavy atom. The van der Waals surface area contributed by atoms with Crippen molar-refractivity contribution in [3.05, 3.63) is 11.6 Å². The van der Waals surface area contributed by atoms with Gasteiger partial charge in [-0.3, -0.25) is 9.59 Å². The normalized spacial score (nSPS) is 15.6. The molecule has 1 aliphatic carbocycles. The molecule has 0 atom stereocenters. The molecule has 0 heterocycles. The van der Waals surface area contributed by atoms with Crippen LogP contribution in [0.4, 0.5) is 0 Å². The number of hydrogen-bond acceptors (Lipinski definition) is 2. The molecule has 4 nitrogen and oxygen atoms in total. The van der Waals surface area contributed by atoms with Crippen LogP contribution in [-0.4, -0.2) is 23.5 Å². The first-order valence-corrected chi connectivity index (χ1v) is 7.72. The zero-order chi connectivity index (χ0) is 15.0. The first kappa shape index (κ1) is 16.7. The van der Waals surface area contributed by atoms with Crippen LogP contribution in [0.1, 0.15) is 65.2 Å². The second kappa shape index (κ2) is 8.08. The molecule has 0 saturated heterocycles. The Kier molecular flexibility index (Phi) is 6.76. The number of carbonyl (C=O) groups is 2. The van der Waals surface area contributed by atoms with E-state index in [0.29, 0.717) is 19.4 Å². The zero-order valence-electron chi connectivity index (χ0n) is 12.7. The van der Waals surface area contributed by atoms with E-state index >= 15 is 0 Å². The average Bonchev–Trinajstić information content (AvgIpc) is 2.45. The molecule has 1 aliphatic rings. The Morgan fingerprint density at radius 1 is 1.30 bits per heavy atom. The van der Waals surface area contributed by atoms with E-state index in [2.05, 4.69) is 11.4 Å². The van der Waals surface area contributed by atoms with Gasteiger partial charge in [0.2, 0.25) is 5.91 Å². The smallest absolute Gasteiger partial charge is 0.310 e. The van der Waals surface area contributed by atoms with E-state index in [-0.39, 0.29) is 12.3 Å². The molecule has 1 rings (SSSR count). The molecule has 0 unspecified atom stereocenters. The minimum atomic E-state index is -0.909. The van der Waals surface area contributed by atoms with Crippen LogP contribution in [0.25, 0.3) is 0 Å². The summed E-state index contributed by atoms with van der Waals surface area (Å²) in [6.07, 6.45) is 9.01. The van der Waals surface area contributed by atoms with Crippen molar-refractivity contribution in [3.8, 4) is 0 Å². The first-order chi connectivity index (χ1) is 9.54. The first-order valence-electron chi connectivity index (χ1n) is 7.72. The summed E-state index contributed by atoms with van der Waals surface area (Å²) in [7, 11) is 0. The second-order valence-corrected chi connectivity index (χ2v) is 5.68. The fourth-order valence-corrected chi connectivity index (χ4v) is 2.74. The number of allylic oxidation sites excluding steroid dienone is 1. The summed E-state index contributed by atoms with van der Waals surface area (Å²) in [4.78, 5) is 23.3. The molecule has 114 valence electrons. The highest BCUT2D eigenvalue weighted by Crippen LogP contribution is 2.30. The largest absolute Gasteiger partial charge is 0.481 e. The van der Waals surface area contributed by atoms with Crippen molar-refractivity contribution in [3.63, 3.8) is 0 Å². The summed E-state index contributed by atoms with van der Waals surface area (Å²) >= 11 is 0. The van der Waals surface area contributed by atoms with Crippen LogP contribution in [-0.2, 0) is 9.59 Å². The third kappa shape index (κ3) is 4.66. The van der Waals surface area contributed by atoms with Gasteiger partial charge in [0.05, 0.1) is 5.41 Å². The van der Waals surface area contributed by atoms with E-state index in [0.717, 1.165) is 19.3 Å². The summed E-state index contributed by atoms with van der Waals surface area (Å²) in [5.74, 6) is -1.01. The molecule has 0 radical (unpaired) electrons. The SMILES string of the molecule is CCC(CC)(CC(=O)NCCC1=CCCCC1)C(=O)O. The van der Waals surface area contributed by atoms with Crippen LogP contribution in [0.2, 0.25) is 0 Å². The minimum Gasteiger partial charge on any atom is -0.481 e. The van der Waals surface area contributed by atoms with Crippen LogP contribution in [0, 0.1) is 5.41 Å². The predicted molar refractivity (Wildman–Crippen MR) is 79.4 cm³/mol. The molecule has 4 heteroatoms. The summed E-state index contributed by atoms with van der Waals surface area (Å²) in [5, 5.41) is 12.2. The maximum atomic E-state index is 11.9. The van der Waals surface area contributed by atoms with E-state index in [9.17, 15) is 14.7 Å². The Bertz CT molecular complexity index is 370. The molecule has 0 bridgehead atoms. The highest BCUT2D eigenvalue weighted by atomic mass is 16.4. The maximum absolute atomic E-state index is 11.9. The van der Waals surface area contributed by atoms with Crippen LogP contribution >= 0.6 is 0 Å². The van der Waals surface area contributed by atoms with Gasteiger partial charge in [-0.2, -0.15) is 0 Å². The van der Waals surface area contributed by atoms with Gasteiger partial charge >= 0.3 is 5.97 Å². The molecular weight excluding hydrogens is 254 g/mol. The van der Waals surface area contributed by atoms with E-state index in [1.807, 2.05) is 13.8 Å². The predicted octanol–water partition coefficient (Wildman–Crippen LogP) is 3.27. The minimum absolute atomic E-state index is 0.0778. The van der Waals surface area contributed by atoms with Crippen LogP contribution in [0.5, 0.6) is 0 Å². The Balaban J connectivity index is 2.38. The third-order valence-electron chi connectivity index (χ3n) is 4.46. The van der Waals surface area contributed by atoms with Crippen molar-refractivity contribution in [1.29, 1.82) is 0 Å². The number of hydrogen-bond donors (Lipinski definition) is 2. The van der Waals surface area contributed by atoms with Gasteiger partial charge in [0.15, 0.2) is 0 Å². The number of carboxylic acid groups (broad SMARTS) is 1. The van der Waals surface area contributed by atoms with Crippen LogP contribution < -0.4 is 5.32 Å². The van der Waals surface area contributed by atoms with Gasteiger partial charge in [0, 0.05) is 13.0 Å². The Hall–Kier alpha value is -1.32. The fraction of sp³-hybridized carbons (Fsp3) is 0.750. The molecule has 0 aromatic heterocycles. The van der Waals surface area contributed by atoms with E-state index < -0.39 is 11.4 Å². The van der Waals surface area contributed by atoms with Crippen LogP contribution in [0.15, 0.2) is 11.6 Å². The maximum Gasteiger partial charge on any atom is 0.310 e. The van der Waals surface area contributed by atoms with Gasteiger partial charge in [0.1, 0.15) is 0 Å². The molecule has 0 aromatic carbocycles. The topological polar surface area (TPSA) is 66.4 Å². The standard InChI is InChI=1S/C16H27NO3/c1-3-16(4-2,15(19)20)12-14(18)17-11-10-13-8-6-5-7-9-13/h8H,3-7,9-12H2,1-2H3,(H,17,18)(H,19,20). The van der Waals surface area contributed by atoms with Gasteiger partial charge in [0.25, 0.3) is 0 Å². The van der Waals surface area contributed by atoms with Gasteiger partial charge in [-0.1, -0.05) is 25.5 Å². The van der Waals surface area contributed by atoms with Crippen molar-refractivity contribution < 1.29 is 14.7 Å². The number of rotatable bonds is 8. The number of nitrogens with one attached hydrogen (secondary N) is 1. The number of amides is 1. The van der Waals surface area contributed by atoms with Crippen molar-refractivity contribution in [2.24, 2.45) is 5.41 Å². The molecule has 0 aromatic rings. The molecule has 0 fully saturated rings. The molecule has 2 N–H and O–H groups in total. The molecule has 0 saturated carbocycles. The highest BCUT2D eigenvalue weighted by molar-refractivity contribution is 5.84. The number of carbonyl (C=O) groups excluding carboxylic acids is 1. The number of aliphatic carboxylic acids is 1. The van der Waals surface area contributed by atoms with Crippen molar-refractivity contribution in [1.82, 2.24) is 5.32 Å². The van der Waals surface area contributed by atoms with E-state index in [1.165, 1.54) is 18.4 Å². The molecule has 0 aliphatic heterocycles. The summed E-state index contributed by atoms with van der Waals surface area (Å²) in [6.45, 7) is 4.28. The quantitative estimate of drug-likeness (QED) is 0.671. The van der Waals surface area contributed by atoms with Gasteiger partial charge < -0.3 is 10.4 Å². The summed E-state index contributed by atoms with van der Waals surface area (Å²) in [6, 6.07) is 0. The lowest BCUT2D eigenvalue weighted by Crippen LogP contribution is -2.37. The molecular formula is C16H27NO3. The lowest BCUT2D eigenvalue weighted by Gasteiger charge is -2.25. The van der Waals surface area contributed by atoms with E-state index in [1.54, 1.807) is 0 Å². The average molecular weight is 281 g/mol. The van der Waals surface area contributed by atoms with Gasteiger partial charge in [-0.05, 0) is 44.9 Å². The van der Waals surface area contributed by atoms with Crippen molar-refractivity contribution in [2.45, 2.75) is 65.2 Å². The third-order valence-corrected chi connectivity index (χ3v) is 4.46. The molecule has 0 spiro atoms. The van der Waals surface area contributed by atoms with Crippen molar-refractivity contribution >= 4 is 11.9 Å². The van der Waals surface area contributed by atoms with Gasteiger partial charge in [-0.15, -0.1) is 0 Å². The Labute approximate surface area is 121 Å². The lowest BCUT2D eigenvalue weighted by atomic mass is 9.79. The highest BCUT2D eigenvalue weighted by Gasteiger charge is 2.36. The summed E-state index contributed by atoms with van der Waals surface area (Å²) in [5.41, 5.74) is 0.515. The molecule has 1 amide bonds. The van der Waals surface area contributed by atoms with Crippen LogP contribution in [0.3, 0.4) is 0 Å². The van der Waals surface area contributed by atoms with Crippen molar-refractivity contribution in [2.75, 3.05) is 6.54 Å². The van der Waals surface area contributed by atoms with E-state index in [4.69, 9.17) is 0 Å². The van der Waals surface area contributed by atoms with Gasteiger partial charge in [-0.25, -0.2) is 0 Å². The number of carboxylic acids is 1.